The van der Waals surface area contributed by atoms with E-state index in [1.807, 2.05) is 20.8 Å². The zero-order valence-corrected chi connectivity index (χ0v) is 22.6. The highest BCUT2D eigenvalue weighted by Crippen LogP contribution is 2.40. The van der Waals surface area contributed by atoms with Gasteiger partial charge >= 0.3 is 5.97 Å². The maximum Gasteiger partial charge on any atom is 0.311 e. The van der Waals surface area contributed by atoms with Crippen LogP contribution in [0.2, 0.25) is 18.1 Å². The van der Waals surface area contributed by atoms with Crippen molar-refractivity contribution in [3.05, 3.63) is 25.3 Å². The summed E-state index contributed by atoms with van der Waals surface area (Å²) in [4.78, 5) is 13.1. The van der Waals surface area contributed by atoms with E-state index >= 15 is 0 Å². The van der Waals surface area contributed by atoms with Crippen molar-refractivity contribution < 1.29 is 24.2 Å². The molecule has 0 aliphatic rings. The molecule has 1 unspecified atom stereocenters. The number of ether oxygens (including phenoxy) is 1. The highest BCUT2D eigenvalue weighted by Gasteiger charge is 2.44. The first-order chi connectivity index (χ1) is 13.9. The van der Waals surface area contributed by atoms with Crippen molar-refractivity contribution in [1.82, 2.24) is 0 Å². The Balaban J connectivity index is 5.82. The summed E-state index contributed by atoms with van der Waals surface area (Å²) in [6.07, 6.45) is 2.47. The van der Waals surface area contributed by atoms with Gasteiger partial charge in [0.05, 0.1) is 18.1 Å². The normalized spacial score (nSPS) is 20.5. The van der Waals surface area contributed by atoms with Gasteiger partial charge in [-0.1, -0.05) is 53.7 Å². The number of aliphatic hydroxyl groups is 2. The molecule has 6 heteroatoms. The lowest BCUT2D eigenvalue weighted by Gasteiger charge is -2.43. The topological polar surface area (TPSA) is 76.0 Å². The summed E-state index contributed by atoms with van der Waals surface area (Å²) in [5.41, 5.74) is -1.30. The fourth-order valence-electron chi connectivity index (χ4n) is 3.45. The van der Waals surface area contributed by atoms with Crippen LogP contribution in [-0.4, -0.2) is 48.4 Å². The number of hydrogen-bond acceptors (Lipinski definition) is 5. The standard InChI is InChI=1S/C25H48O5Si/c1-13-20(26)17(4)16-18(5)22(30-31(11,12)24(7,8)9)19(6)23(27)29-21(14-2)25(10,28)15-3/h13,15,17-22,26,28H,1,3,14,16H2,2,4-12H3/t17-,18+,19-,20?,21-,22+,25+/m1/s1. The second-order valence-corrected chi connectivity index (χ2v) is 15.6. The van der Waals surface area contributed by atoms with Gasteiger partial charge in [-0.15, -0.1) is 13.2 Å². The summed E-state index contributed by atoms with van der Waals surface area (Å²) in [6, 6.07) is 0. The molecular weight excluding hydrogens is 408 g/mol. The minimum absolute atomic E-state index is 0.00822. The van der Waals surface area contributed by atoms with E-state index in [1.165, 1.54) is 6.08 Å². The predicted octanol–water partition coefficient (Wildman–Crippen LogP) is 5.48. The highest BCUT2D eigenvalue weighted by atomic mass is 28.4. The van der Waals surface area contributed by atoms with E-state index in [2.05, 4.69) is 53.9 Å². The van der Waals surface area contributed by atoms with Gasteiger partial charge in [0.25, 0.3) is 0 Å². The van der Waals surface area contributed by atoms with Crippen LogP contribution in [0.15, 0.2) is 25.3 Å². The SMILES string of the molecule is C=CC(O)[C@H](C)C[C@H](C)[C@H](O[Si](C)(C)C(C)(C)C)[C@@H](C)C(=O)O[C@H](CC)[C@@](C)(O)C=C. The van der Waals surface area contributed by atoms with Crippen molar-refractivity contribution in [2.45, 2.75) is 110 Å². The fourth-order valence-corrected chi connectivity index (χ4v) is 4.92. The molecule has 5 nitrogen and oxygen atoms in total. The lowest BCUT2D eigenvalue weighted by molar-refractivity contribution is -0.168. The third-order valence-electron chi connectivity index (χ3n) is 6.92. The van der Waals surface area contributed by atoms with Crippen molar-refractivity contribution in [1.29, 1.82) is 0 Å². The molecular formula is C25H48O5Si. The van der Waals surface area contributed by atoms with Gasteiger partial charge in [0.2, 0.25) is 0 Å². The molecule has 31 heavy (non-hydrogen) atoms. The van der Waals surface area contributed by atoms with Crippen LogP contribution in [-0.2, 0) is 14.0 Å². The molecule has 0 amide bonds. The quantitative estimate of drug-likeness (QED) is 0.218. The number of carbonyl (C=O) groups is 1. The number of rotatable bonds is 13. The molecule has 0 aromatic rings. The maximum absolute atomic E-state index is 13.1. The molecule has 7 atom stereocenters. The zero-order chi connectivity index (χ0) is 24.8. The van der Waals surface area contributed by atoms with E-state index < -0.39 is 32.0 Å². The summed E-state index contributed by atoms with van der Waals surface area (Å²) in [5, 5.41) is 20.6. The molecule has 0 aromatic carbocycles. The molecule has 0 aliphatic heterocycles. The fraction of sp³-hybridized carbons (Fsp3) is 0.800. The monoisotopic (exact) mass is 456 g/mol. The summed E-state index contributed by atoms with van der Waals surface area (Å²) >= 11 is 0. The zero-order valence-electron chi connectivity index (χ0n) is 21.6. The Morgan fingerprint density at radius 2 is 1.61 bits per heavy atom. The Morgan fingerprint density at radius 1 is 1.10 bits per heavy atom. The van der Waals surface area contributed by atoms with Crippen molar-refractivity contribution >= 4 is 14.3 Å². The van der Waals surface area contributed by atoms with Crippen molar-refractivity contribution in [2.75, 3.05) is 0 Å². The van der Waals surface area contributed by atoms with Crippen LogP contribution in [0.4, 0.5) is 0 Å². The summed E-state index contributed by atoms with van der Waals surface area (Å²) in [7, 11) is -2.17. The van der Waals surface area contributed by atoms with Crippen molar-refractivity contribution in [3.8, 4) is 0 Å². The Kier molecular flexibility index (Phi) is 11.4. The molecule has 0 spiro atoms. The van der Waals surface area contributed by atoms with Crippen LogP contribution in [0.3, 0.4) is 0 Å². The molecule has 0 bridgehead atoms. The maximum atomic E-state index is 13.1. The summed E-state index contributed by atoms with van der Waals surface area (Å²) in [6.45, 7) is 27.5. The van der Waals surface area contributed by atoms with E-state index in [9.17, 15) is 15.0 Å². The molecule has 0 aliphatic carbocycles. The largest absolute Gasteiger partial charge is 0.459 e. The molecule has 182 valence electrons. The smallest absolute Gasteiger partial charge is 0.311 e. The van der Waals surface area contributed by atoms with E-state index in [0.29, 0.717) is 12.8 Å². The molecule has 0 heterocycles. The Hall–Kier alpha value is -0.953. The lowest BCUT2D eigenvalue weighted by atomic mass is 9.85. The lowest BCUT2D eigenvalue weighted by Crippen LogP contribution is -2.50. The first kappa shape index (κ1) is 30.0. The van der Waals surface area contributed by atoms with Gasteiger partial charge in [0.15, 0.2) is 8.32 Å². The van der Waals surface area contributed by atoms with Gasteiger partial charge < -0.3 is 19.4 Å². The number of hydrogen-bond donors (Lipinski definition) is 2. The van der Waals surface area contributed by atoms with Gasteiger partial charge in [0, 0.05) is 0 Å². The Morgan fingerprint density at radius 3 is 2.00 bits per heavy atom. The molecule has 2 N–H and O–H groups in total. The van der Waals surface area contributed by atoms with Gasteiger partial charge in [-0.3, -0.25) is 4.79 Å². The summed E-state index contributed by atoms with van der Waals surface area (Å²) in [5.74, 6) is -0.902. The number of aliphatic hydroxyl groups excluding tert-OH is 1. The van der Waals surface area contributed by atoms with E-state index in [4.69, 9.17) is 9.16 Å². The predicted molar refractivity (Wildman–Crippen MR) is 131 cm³/mol. The van der Waals surface area contributed by atoms with Crippen molar-refractivity contribution in [2.24, 2.45) is 17.8 Å². The minimum atomic E-state index is -2.17. The third-order valence-corrected chi connectivity index (χ3v) is 11.4. The van der Waals surface area contributed by atoms with E-state index in [0.717, 1.165) is 0 Å². The first-order valence-corrected chi connectivity index (χ1v) is 14.4. The molecule has 0 aromatic heterocycles. The van der Waals surface area contributed by atoms with Gasteiger partial charge in [-0.05, 0) is 56.7 Å². The van der Waals surface area contributed by atoms with Crippen LogP contribution in [0.1, 0.15) is 68.2 Å². The highest BCUT2D eigenvalue weighted by molar-refractivity contribution is 6.74. The second-order valence-electron chi connectivity index (χ2n) is 10.8. The molecule has 0 fully saturated rings. The van der Waals surface area contributed by atoms with Crippen LogP contribution in [0.25, 0.3) is 0 Å². The Labute approximate surface area is 192 Å². The molecule has 0 saturated carbocycles. The summed E-state index contributed by atoms with van der Waals surface area (Å²) < 4.78 is 12.5. The number of esters is 1. The number of carbonyl (C=O) groups excluding carboxylic acids is 1. The minimum Gasteiger partial charge on any atom is -0.459 e. The van der Waals surface area contributed by atoms with Gasteiger partial charge in [-0.25, -0.2) is 0 Å². The third kappa shape index (κ3) is 8.48. The molecule has 0 radical (unpaired) electrons. The van der Waals surface area contributed by atoms with Gasteiger partial charge in [-0.2, -0.15) is 0 Å². The van der Waals surface area contributed by atoms with Crippen LogP contribution in [0.5, 0.6) is 0 Å². The van der Waals surface area contributed by atoms with Crippen LogP contribution in [0, 0.1) is 17.8 Å². The van der Waals surface area contributed by atoms with Crippen LogP contribution < -0.4 is 0 Å². The molecule has 0 rings (SSSR count). The van der Waals surface area contributed by atoms with E-state index in [-0.39, 0.29) is 28.9 Å². The van der Waals surface area contributed by atoms with Crippen LogP contribution >= 0.6 is 0 Å². The van der Waals surface area contributed by atoms with Crippen molar-refractivity contribution in [3.63, 3.8) is 0 Å². The first-order valence-electron chi connectivity index (χ1n) is 11.5. The van der Waals surface area contributed by atoms with E-state index in [1.54, 1.807) is 13.0 Å². The Bertz CT molecular complexity index is 593. The average molecular weight is 457 g/mol. The van der Waals surface area contributed by atoms with Gasteiger partial charge in [0.1, 0.15) is 11.7 Å². The molecule has 0 saturated heterocycles. The average Bonchev–Trinajstić information content (AvgIpc) is 2.67. The second kappa shape index (κ2) is 11.8.